The van der Waals surface area contributed by atoms with Crippen LogP contribution in [0.3, 0.4) is 0 Å². The summed E-state index contributed by atoms with van der Waals surface area (Å²) in [5, 5.41) is 8.28. The number of rotatable bonds is 5. The first-order valence-corrected chi connectivity index (χ1v) is 11.7. The molecule has 5 rings (SSSR count). The van der Waals surface area contributed by atoms with Crippen LogP contribution in [0.15, 0.2) is 57.7 Å². The molecule has 1 aliphatic rings. The standard InChI is InChI=1S/C23H21N3O2S2/c1-15-4-6-16(7-5-15)23-24-20(28-25-23)8-9-21(27)26-12-10-18-17(11-14-30-18)22(26)19-3-2-13-29-19/h2-7,11,13-14,22H,8-10,12H2,1H3/t22-/m0/s1. The molecule has 0 unspecified atom stereocenters. The summed E-state index contributed by atoms with van der Waals surface area (Å²) in [6.45, 7) is 2.79. The van der Waals surface area contributed by atoms with Gasteiger partial charge in [0.05, 0.1) is 6.04 Å². The summed E-state index contributed by atoms with van der Waals surface area (Å²) < 4.78 is 5.40. The molecule has 0 N–H and O–H groups in total. The van der Waals surface area contributed by atoms with E-state index < -0.39 is 0 Å². The number of hydrogen-bond acceptors (Lipinski definition) is 6. The van der Waals surface area contributed by atoms with E-state index in [0.717, 1.165) is 18.5 Å². The van der Waals surface area contributed by atoms with Crippen molar-refractivity contribution < 1.29 is 9.32 Å². The number of benzene rings is 1. The van der Waals surface area contributed by atoms with Crippen molar-refractivity contribution >= 4 is 28.6 Å². The smallest absolute Gasteiger partial charge is 0.227 e. The number of fused-ring (bicyclic) bond motifs is 1. The average Bonchev–Trinajstić information content (AvgIpc) is 3.53. The van der Waals surface area contributed by atoms with Gasteiger partial charge in [-0.3, -0.25) is 4.79 Å². The molecule has 1 amide bonds. The van der Waals surface area contributed by atoms with Gasteiger partial charge in [0.1, 0.15) is 0 Å². The summed E-state index contributed by atoms with van der Waals surface area (Å²) in [7, 11) is 0. The quantitative estimate of drug-likeness (QED) is 0.428. The second-order valence-corrected chi connectivity index (χ2v) is 9.41. The van der Waals surface area contributed by atoms with Crippen molar-refractivity contribution in [3.8, 4) is 11.4 Å². The molecule has 30 heavy (non-hydrogen) atoms. The molecule has 5 nitrogen and oxygen atoms in total. The summed E-state index contributed by atoms with van der Waals surface area (Å²) >= 11 is 3.49. The predicted molar refractivity (Wildman–Crippen MR) is 119 cm³/mol. The number of nitrogens with zero attached hydrogens (tertiary/aromatic N) is 3. The van der Waals surface area contributed by atoms with E-state index in [-0.39, 0.29) is 11.9 Å². The summed E-state index contributed by atoms with van der Waals surface area (Å²) in [5.74, 6) is 1.19. The average molecular weight is 436 g/mol. The molecule has 0 spiro atoms. The van der Waals surface area contributed by atoms with E-state index in [1.807, 2.05) is 42.2 Å². The van der Waals surface area contributed by atoms with Gasteiger partial charge in [0.15, 0.2) is 0 Å². The van der Waals surface area contributed by atoms with Crippen molar-refractivity contribution in [2.75, 3.05) is 6.54 Å². The van der Waals surface area contributed by atoms with E-state index in [2.05, 4.69) is 33.0 Å². The van der Waals surface area contributed by atoms with Crippen LogP contribution in [0, 0.1) is 6.92 Å². The zero-order valence-electron chi connectivity index (χ0n) is 16.6. The molecule has 0 saturated heterocycles. The third kappa shape index (κ3) is 3.70. The Hall–Kier alpha value is -2.77. The van der Waals surface area contributed by atoms with Crippen LogP contribution < -0.4 is 0 Å². The minimum absolute atomic E-state index is 0.0123. The van der Waals surface area contributed by atoms with Crippen LogP contribution in [-0.4, -0.2) is 27.5 Å². The Balaban J connectivity index is 1.30. The second kappa shape index (κ2) is 8.16. The van der Waals surface area contributed by atoms with E-state index in [1.54, 1.807) is 22.7 Å². The van der Waals surface area contributed by atoms with Crippen LogP contribution in [0.2, 0.25) is 0 Å². The lowest BCUT2D eigenvalue weighted by molar-refractivity contribution is -0.133. The van der Waals surface area contributed by atoms with Gasteiger partial charge in [-0.15, -0.1) is 22.7 Å². The van der Waals surface area contributed by atoms with Crippen LogP contribution in [-0.2, 0) is 17.6 Å². The zero-order chi connectivity index (χ0) is 20.5. The van der Waals surface area contributed by atoms with Gasteiger partial charge in [-0.1, -0.05) is 41.1 Å². The molecule has 1 aliphatic heterocycles. The number of aryl methyl sites for hydroxylation is 2. The molecule has 0 aliphatic carbocycles. The maximum Gasteiger partial charge on any atom is 0.227 e. The maximum atomic E-state index is 13.2. The molecule has 0 saturated carbocycles. The van der Waals surface area contributed by atoms with Crippen LogP contribution in [0.5, 0.6) is 0 Å². The Bertz CT molecular complexity index is 1150. The molecule has 152 valence electrons. The first-order valence-electron chi connectivity index (χ1n) is 9.98. The highest BCUT2D eigenvalue weighted by Gasteiger charge is 2.33. The highest BCUT2D eigenvalue weighted by Crippen LogP contribution is 2.39. The molecule has 7 heteroatoms. The molecule has 0 bridgehead atoms. The second-order valence-electron chi connectivity index (χ2n) is 7.43. The predicted octanol–water partition coefficient (Wildman–Crippen LogP) is 5.27. The third-order valence-corrected chi connectivity index (χ3v) is 7.35. The van der Waals surface area contributed by atoms with Gasteiger partial charge < -0.3 is 9.42 Å². The number of carbonyl (C=O) groups excluding carboxylic acids is 1. The topological polar surface area (TPSA) is 59.2 Å². The fraction of sp³-hybridized carbons (Fsp3) is 0.261. The summed E-state index contributed by atoms with van der Waals surface area (Å²) in [5.41, 5.74) is 3.37. The highest BCUT2D eigenvalue weighted by molar-refractivity contribution is 7.10. The Morgan fingerprint density at radius 3 is 2.83 bits per heavy atom. The van der Waals surface area contributed by atoms with Crippen LogP contribution in [0.25, 0.3) is 11.4 Å². The van der Waals surface area contributed by atoms with Gasteiger partial charge in [-0.05, 0) is 41.8 Å². The molecule has 1 aromatic carbocycles. The Kier molecular flexibility index (Phi) is 5.23. The molecule has 0 fully saturated rings. The normalized spacial score (nSPS) is 15.9. The van der Waals surface area contributed by atoms with Gasteiger partial charge in [0.2, 0.25) is 17.6 Å². The maximum absolute atomic E-state index is 13.2. The number of aromatic nitrogens is 2. The Morgan fingerprint density at radius 1 is 1.17 bits per heavy atom. The lowest BCUT2D eigenvalue weighted by atomic mass is 9.98. The first-order chi connectivity index (χ1) is 14.7. The lowest BCUT2D eigenvalue weighted by Crippen LogP contribution is -2.39. The summed E-state index contributed by atoms with van der Waals surface area (Å²) in [4.78, 5) is 22.3. The van der Waals surface area contributed by atoms with Gasteiger partial charge >= 0.3 is 0 Å². The van der Waals surface area contributed by atoms with Crippen molar-refractivity contribution in [1.82, 2.24) is 15.0 Å². The summed E-state index contributed by atoms with van der Waals surface area (Å²) in [6.07, 6.45) is 1.72. The largest absolute Gasteiger partial charge is 0.339 e. The van der Waals surface area contributed by atoms with Crippen LogP contribution in [0.1, 0.15) is 39.2 Å². The van der Waals surface area contributed by atoms with Gasteiger partial charge in [0, 0.05) is 34.7 Å². The van der Waals surface area contributed by atoms with Crippen molar-refractivity contribution in [2.45, 2.75) is 32.2 Å². The number of carbonyl (C=O) groups is 1. The summed E-state index contributed by atoms with van der Waals surface area (Å²) in [6, 6.07) is 14.3. The minimum Gasteiger partial charge on any atom is -0.339 e. The zero-order valence-corrected chi connectivity index (χ0v) is 18.2. The lowest BCUT2D eigenvalue weighted by Gasteiger charge is -2.35. The Labute approximate surface area is 183 Å². The van der Waals surface area contributed by atoms with Crippen LogP contribution in [0.4, 0.5) is 0 Å². The van der Waals surface area contributed by atoms with Gasteiger partial charge in [-0.2, -0.15) is 4.98 Å². The van der Waals surface area contributed by atoms with E-state index in [4.69, 9.17) is 4.52 Å². The van der Waals surface area contributed by atoms with Crippen molar-refractivity contribution in [2.24, 2.45) is 0 Å². The molecule has 4 aromatic rings. The highest BCUT2D eigenvalue weighted by atomic mass is 32.1. The van der Waals surface area contributed by atoms with E-state index in [0.29, 0.717) is 24.6 Å². The van der Waals surface area contributed by atoms with Crippen molar-refractivity contribution in [3.63, 3.8) is 0 Å². The first kappa shape index (κ1) is 19.2. The number of thiophene rings is 2. The molecule has 3 aromatic heterocycles. The molecular formula is C23H21N3O2S2. The number of amides is 1. The van der Waals surface area contributed by atoms with Gasteiger partial charge in [0.25, 0.3) is 0 Å². The third-order valence-electron chi connectivity index (χ3n) is 5.43. The Morgan fingerprint density at radius 2 is 2.03 bits per heavy atom. The molecule has 1 atom stereocenters. The van der Waals surface area contributed by atoms with Crippen molar-refractivity contribution in [1.29, 1.82) is 0 Å². The fourth-order valence-corrected chi connectivity index (χ4v) is 5.63. The number of hydrogen-bond donors (Lipinski definition) is 0. The molecule has 0 radical (unpaired) electrons. The van der Waals surface area contributed by atoms with Crippen molar-refractivity contribution in [3.05, 3.63) is 80.0 Å². The van der Waals surface area contributed by atoms with E-state index in [9.17, 15) is 4.79 Å². The van der Waals surface area contributed by atoms with Crippen LogP contribution >= 0.6 is 22.7 Å². The van der Waals surface area contributed by atoms with Gasteiger partial charge in [-0.25, -0.2) is 0 Å². The minimum atomic E-state index is 0.0123. The van der Waals surface area contributed by atoms with E-state index in [1.165, 1.54) is 20.9 Å². The molecular weight excluding hydrogens is 414 g/mol. The molecule has 4 heterocycles. The monoisotopic (exact) mass is 435 g/mol. The van der Waals surface area contributed by atoms with E-state index >= 15 is 0 Å². The SMILES string of the molecule is Cc1ccc(-c2noc(CCC(=O)N3CCc4sccc4[C@H]3c3cccs3)n2)cc1. The fourth-order valence-electron chi connectivity index (χ4n) is 3.87.